The molecule has 128 valence electrons. The number of nitrogens with one attached hydrogen (secondary N) is 1. The van der Waals surface area contributed by atoms with Gasteiger partial charge in [0.1, 0.15) is 5.75 Å². The molecule has 1 unspecified atom stereocenters. The second-order valence-corrected chi connectivity index (χ2v) is 5.70. The number of hydroxylamine groups is 1. The molecule has 1 aromatic heterocycles. The van der Waals surface area contributed by atoms with Crippen LogP contribution in [0.1, 0.15) is 23.6 Å². The Morgan fingerprint density at radius 2 is 1.96 bits per heavy atom. The lowest BCUT2D eigenvalue weighted by molar-refractivity contribution is 0.184. The molecule has 0 saturated heterocycles. The zero-order valence-electron chi connectivity index (χ0n) is 14.4. The first-order chi connectivity index (χ1) is 11.5. The van der Waals surface area contributed by atoms with E-state index in [0.717, 1.165) is 16.9 Å². The van der Waals surface area contributed by atoms with E-state index in [1.54, 1.807) is 25.4 Å². The summed E-state index contributed by atoms with van der Waals surface area (Å²) in [6.45, 7) is 6.40. The molecule has 24 heavy (non-hydrogen) atoms. The van der Waals surface area contributed by atoms with Crippen molar-refractivity contribution < 1.29 is 14.7 Å². The number of methoxy groups -OCH3 is 1. The summed E-state index contributed by atoms with van der Waals surface area (Å²) in [5, 5.41) is 9.28. The lowest BCUT2D eigenvalue weighted by Crippen LogP contribution is -2.24. The van der Waals surface area contributed by atoms with Crippen LogP contribution in [0.4, 0.5) is 0 Å². The van der Waals surface area contributed by atoms with E-state index in [1.165, 1.54) is 0 Å². The molecule has 0 amide bonds. The van der Waals surface area contributed by atoms with Gasteiger partial charge in [0.25, 0.3) is 0 Å². The molecule has 0 spiro atoms. The van der Waals surface area contributed by atoms with E-state index in [-0.39, 0.29) is 6.04 Å². The Morgan fingerprint density at radius 3 is 2.50 bits per heavy atom. The van der Waals surface area contributed by atoms with Crippen LogP contribution in [0, 0.1) is 13.8 Å². The van der Waals surface area contributed by atoms with Gasteiger partial charge in [0.05, 0.1) is 12.6 Å². The van der Waals surface area contributed by atoms with Crippen molar-refractivity contribution in [2.24, 2.45) is 4.99 Å². The molecule has 2 aromatic rings. The van der Waals surface area contributed by atoms with Crippen molar-refractivity contribution >= 4 is 5.84 Å². The summed E-state index contributed by atoms with van der Waals surface area (Å²) >= 11 is 0. The average Bonchev–Trinajstić information content (AvgIpc) is 2.53. The summed E-state index contributed by atoms with van der Waals surface area (Å²) in [7, 11) is 1.61. The quantitative estimate of drug-likeness (QED) is 0.483. The molecule has 1 heterocycles. The normalized spacial score (nSPS) is 12.8. The molecule has 0 aliphatic carbocycles. The van der Waals surface area contributed by atoms with Crippen LogP contribution in [0.2, 0.25) is 0 Å². The second-order valence-electron chi connectivity index (χ2n) is 5.70. The van der Waals surface area contributed by atoms with Crippen LogP contribution >= 0.6 is 0 Å². The smallest absolute Gasteiger partial charge is 0.219 e. The summed E-state index contributed by atoms with van der Waals surface area (Å²) in [6.07, 6.45) is 1.60. The van der Waals surface area contributed by atoms with Gasteiger partial charge < -0.3 is 9.47 Å². The first-order valence-corrected chi connectivity index (χ1v) is 7.71. The molecule has 0 radical (unpaired) electrons. The highest BCUT2D eigenvalue weighted by molar-refractivity contribution is 5.97. The van der Waals surface area contributed by atoms with Gasteiger partial charge in [-0.25, -0.2) is 4.98 Å². The highest BCUT2D eigenvalue weighted by Crippen LogP contribution is 2.22. The van der Waals surface area contributed by atoms with E-state index in [2.05, 4.69) is 21.5 Å². The summed E-state index contributed by atoms with van der Waals surface area (Å²) in [4.78, 5) is 8.61. The molecule has 2 N–H and O–H groups in total. The predicted octanol–water partition coefficient (Wildman–Crippen LogP) is 3.25. The minimum absolute atomic E-state index is 0.0872. The number of rotatable bonds is 6. The largest absolute Gasteiger partial charge is 0.439 e. The molecule has 2 rings (SSSR count). The maximum absolute atomic E-state index is 9.28. The van der Waals surface area contributed by atoms with Gasteiger partial charge in [0.2, 0.25) is 5.88 Å². The number of pyridine rings is 1. The highest BCUT2D eigenvalue weighted by Gasteiger charge is 2.07. The Balaban J connectivity index is 2.14. The third kappa shape index (κ3) is 5.04. The van der Waals surface area contributed by atoms with Crippen LogP contribution in [0.3, 0.4) is 0 Å². The Hall–Kier alpha value is -2.44. The molecule has 0 aliphatic heterocycles. The van der Waals surface area contributed by atoms with Gasteiger partial charge in [-0.2, -0.15) is 0 Å². The minimum atomic E-state index is -0.0872. The summed E-state index contributed by atoms with van der Waals surface area (Å²) in [5.74, 6) is 1.56. The number of hydrogen-bond donors (Lipinski definition) is 2. The van der Waals surface area contributed by atoms with Crippen LogP contribution in [0.5, 0.6) is 11.6 Å². The van der Waals surface area contributed by atoms with E-state index in [9.17, 15) is 5.21 Å². The predicted molar refractivity (Wildman–Crippen MR) is 93.0 cm³/mol. The maximum Gasteiger partial charge on any atom is 0.219 e. The lowest BCUT2D eigenvalue weighted by atomic mass is 10.1. The van der Waals surface area contributed by atoms with E-state index in [1.807, 2.05) is 32.9 Å². The number of benzene rings is 1. The van der Waals surface area contributed by atoms with Gasteiger partial charge in [-0.3, -0.25) is 15.7 Å². The van der Waals surface area contributed by atoms with Crippen molar-refractivity contribution in [3.05, 3.63) is 53.2 Å². The van der Waals surface area contributed by atoms with Crippen molar-refractivity contribution in [1.82, 2.24) is 10.5 Å². The molecule has 1 atom stereocenters. The third-order valence-corrected chi connectivity index (χ3v) is 3.29. The van der Waals surface area contributed by atoms with Crippen LogP contribution in [-0.2, 0) is 4.74 Å². The van der Waals surface area contributed by atoms with E-state index in [4.69, 9.17) is 9.47 Å². The number of aromatic nitrogens is 1. The Kier molecular flexibility index (Phi) is 6.28. The highest BCUT2D eigenvalue weighted by atomic mass is 16.5. The fourth-order valence-electron chi connectivity index (χ4n) is 2.36. The fraction of sp³-hybridized carbons (Fsp3) is 0.333. The Bertz CT molecular complexity index is 679. The molecular weight excluding hydrogens is 306 g/mol. The van der Waals surface area contributed by atoms with E-state index >= 15 is 0 Å². The zero-order valence-corrected chi connectivity index (χ0v) is 14.4. The molecule has 0 aliphatic rings. The van der Waals surface area contributed by atoms with Crippen LogP contribution in [0.15, 0.2) is 41.5 Å². The molecule has 6 nitrogen and oxygen atoms in total. The average molecular weight is 329 g/mol. The van der Waals surface area contributed by atoms with Crippen LogP contribution in [-0.4, -0.2) is 35.8 Å². The van der Waals surface area contributed by atoms with Gasteiger partial charge in [-0.05, 0) is 50.1 Å². The zero-order chi connectivity index (χ0) is 17.5. The van der Waals surface area contributed by atoms with Crippen LogP contribution < -0.4 is 10.2 Å². The van der Waals surface area contributed by atoms with Crippen molar-refractivity contribution in [2.75, 3.05) is 13.7 Å². The fourth-order valence-corrected chi connectivity index (χ4v) is 2.36. The standard InChI is InChI=1S/C18H23N3O3/c1-12-7-13(2)9-16(8-12)24-17-6-5-15(10-19-17)18(21-22)20-14(3)11-23-4/h5-10,14,22H,11H2,1-4H3,(H,20,21). The minimum Gasteiger partial charge on any atom is -0.439 e. The molecule has 0 fully saturated rings. The Labute approximate surface area is 142 Å². The number of aliphatic imine (C=N–C) groups is 1. The van der Waals surface area contributed by atoms with Gasteiger partial charge in [0, 0.05) is 24.9 Å². The van der Waals surface area contributed by atoms with Crippen LogP contribution in [0.25, 0.3) is 0 Å². The first-order valence-electron chi connectivity index (χ1n) is 7.71. The summed E-state index contributed by atoms with van der Waals surface area (Å²) in [6, 6.07) is 9.43. The van der Waals surface area contributed by atoms with Gasteiger partial charge >= 0.3 is 0 Å². The van der Waals surface area contributed by atoms with Crippen molar-refractivity contribution in [2.45, 2.75) is 26.8 Å². The van der Waals surface area contributed by atoms with Gasteiger partial charge in [-0.15, -0.1) is 0 Å². The monoisotopic (exact) mass is 329 g/mol. The summed E-state index contributed by atoms with van der Waals surface area (Å²) < 4.78 is 10.8. The number of amidine groups is 1. The summed E-state index contributed by atoms with van der Waals surface area (Å²) in [5.41, 5.74) is 5.03. The SMILES string of the molecule is COCC(C)N=C(NO)c1ccc(Oc2cc(C)cc(C)c2)nc1. The first kappa shape index (κ1) is 17.9. The van der Waals surface area contributed by atoms with E-state index < -0.39 is 0 Å². The number of ether oxygens (including phenoxy) is 2. The second kappa shape index (κ2) is 8.42. The molecule has 6 heteroatoms. The Morgan fingerprint density at radius 1 is 1.25 bits per heavy atom. The molecule has 0 saturated carbocycles. The topological polar surface area (TPSA) is 76.0 Å². The molecular formula is C18H23N3O3. The van der Waals surface area contributed by atoms with Crippen molar-refractivity contribution in [1.29, 1.82) is 0 Å². The number of aryl methyl sites for hydroxylation is 2. The van der Waals surface area contributed by atoms with Gasteiger partial charge in [0.15, 0.2) is 5.84 Å². The third-order valence-electron chi connectivity index (χ3n) is 3.29. The van der Waals surface area contributed by atoms with Crippen molar-refractivity contribution in [3.8, 4) is 11.6 Å². The van der Waals surface area contributed by atoms with E-state index in [0.29, 0.717) is 23.9 Å². The maximum atomic E-state index is 9.28. The molecule has 1 aromatic carbocycles. The molecule has 0 bridgehead atoms. The number of hydrogen-bond acceptors (Lipinski definition) is 5. The lowest BCUT2D eigenvalue weighted by Gasteiger charge is -2.10. The van der Waals surface area contributed by atoms with Gasteiger partial charge in [-0.1, -0.05) is 6.07 Å². The van der Waals surface area contributed by atoms with Crippen molar-refractivity contribution in [3.63, 3.8) is 0 Å². The number of nitrogens with zero attached hydrogens (tertiary/aromatic N) is 2.